The summed E-state index contributed by atoms with van der Waals surface area (Å²) in [6, 6.07) is 6.17. The van der Waals surface area contributed by atoms with Gasteiger partial charge < -0.3 is 10.2 Å². The van der Waals surface area contributed by atoms with Gasteiger partial charge in [-0.1, -0.05) is 17.7 Å². The van der Waals surface area contributed by atoms with Crippen molar-refractivity contribution in [3.63, 3.8) is 0 Å². The van der Waals surface area contributed by atoms with Crippen LogP contribution in [0.3, 0.4) is 0 Å². The molecule has 3 nitrogen and oxygen atoms in total. The number of hydrogen-bond acceptors (Lipinski definition) is 2. The Morgan fingerprint density at radius 2 is 2.39 bits per heavy atom. The molecule has 0 aromatic heterocycles. The van der Waals surface area contributed by atoms with Crippen LogP contribution >= 0.6 is 11.6 Å². The molecule has 0 radical (unpaired) electrons. The Balaban J connectivity index is 1.75. The molecule has 4 heteroatoms. The molecule has 1 aromatic rings. The minimum absolute atomic E-state index is 0.218. The third kappa shape index (κ3) is 2.13. The molecule has 18 heavy (non-hydrogen) atoms. The van der Waals surface area contributed by atoms with Crippen molar-refractivity contribution in [1.82, 2.24) is 5.32 Å². The van der Waals surface area contributed by atoms with Crippen LogP contribution in [0.4, 0.5) is 5.69 Å². The molecule has 2 aliphatic rings. The van der Waals surface area contributed by atoms with E-state index in [1.807, 2.05) is 23.1 Å². The zero-order valence-corrected chi connectivity index (χ0v) is 11.0. The van der Waals surface area contributed by atoms with Gasteiger partial charge in [-0.3, -0.25) is 4.79 Å². The lowest BCUT2D eigenvalue weighted by atomic mass is 10.1. The predicted octanol–water partition coefficient (Wildman–Crippen LogP) is 2.37. The SMILES string of the molecule is O=C(CC1CCCN1)N1CCc2c(Cl)cccc21. The zero-order valence-electron chi connectivity index (χ0n) is 10.3. The van der Waals surface area contributed by atoms with E-state index in [1.165, 1.54) is 6.42 Å². The first-order chi connectivity index (χ1) is 8.75. The highest BCUT2D eigenvalue weighted by molar-refractivity contribution is 6.32. The maximum Gasteiger partial charge on any atom is 0.228 e. The van der Waals surface area contributed by atoms with Crippen molar-refractivity contribution in [2.24, 2.45) is 0 Å². The predicted molar refractivity (Wildman–Crippen MR) is 73.2 cm³/mol. The molecule has 1 saturated heterocycles. The molecule has 1 atom stereocenters. The van der Waals surface area contributed by atoms with Crippen molar-refractivity contribution >= 4 is 23.2 Å². The maximum atomic E-state index is 12.3. The van der Waals surface area contributed by atoms with E-state index in [9.17, 15) is 4.79 Å². The van der Waals surface area contributed by atoms with E-state index in [-0.39, 0.29) is 5.91 Å². The lowest BCUT2D eigenvalue weighted by Crippen LogP contribution is -2.34. The molecule has 0 saturated carbocycles. The molecule has 1 fully saturated rings. The van der Waals surface area contributed by atoms with Crippen LogP contribution in [0.2, 0.25) is 5.02 Å². The molecule has 1 N–H and O–H groups in total. The fourth-order valence-electron chi connectivity index (χ4n) is 2.90. The van der Waals surface area contributed by atoms with Gasteiger partial charge in [0.25, 0.3) is 0 Å². The first kappa shape index (κ1) is 12.0. The van der Waals surface area contributed by atoms with E-state index in [0.29, 0.717) is 12.5 Å². The molecule has 1 unspecified atom stereocenters. The third-order valence-corrected chi connectivity index (χ3v) is 4.21. The highest BCUT2D eigenvalue weighted by Gasteiger charge is 2.28. The second kappa shape index (κ2) is 4.90. The minimum atomic E-state index is 0.218. The Bertz CT molecular complexity index is 469. The van der Waals surface area contributed by atoms with Crippen LogP contribution in [0.15, 0.2) is 18.2 Å². The van der Waals surface area contributed by atoms with Gasteiger partial charge in [0.2, 0.25) is 5.91 Å². The first-order valence-electron chi connectivity index (χ1n) is 6.57. The van der Waals surface area contributed by atoms with Crippen LogP contribution in [0.1, 0.15) is 24.8 Å². The normalized spacial score (nSPS) is 22.3. The van der Waals surface area contributed by atoms with Gasteiger partial charge >= 0.3 is 0 Å². The topological polar surface area (TPSA) is 32.3 Å². The smallest absolute Gasteiger partial charge is 0.228 e. The lowest BCUT2D eigenvalue weighted by molar-refractivity contribution is -0.118. The fourth-order valence-corrected chi connectivity index (χ4v) is 3.17. The number of carbonyl (C=O) groups is 1. The standard InChI is InChI=1S/C14H17ClN2O/c15-12-4-1-5-13-11(12)6-8-17(13)14(18)9-10-3-2-7-16-10/h1,4-5,10,16H,2-3,6-9H2. The monoisotopic (exact) mass is 264 g/mol. The molecular formula is C14H17ClN2O. The van der Waals surface area contributed by atoms with Crippen molar-refractivity contribution < 1.29 is 4.79 Å². The van der Waals surface area contributed by atoms with E-state index in [1.54, 1.807) is 0 Å². The summed E-state index contributed by atoms with van der Waals surface area (Å²) in [5.74, 6) is 0.218. The summed E-state index contributed by atoms with van der Waals surface area (Å²) in [4.78, 5) is 14.2. The number of amides is 1. The Morgan fingerprint density at radius 3 is 3.17 bits per heavy atom. The summed E-state index contributed by atoms with van der Waals surface area (Å²) >= 11 is 6.16. The van der Waals surface area contributed by atoms with Crippen molar-refractivity contribution in [2.75, 3.05) is 18.0 Å². The van der Waals surface area contributed by atoms with Gasteiger partial charge in [-0.2, -0.15) is 0 Å². The van der Waals surface area contributed by atoms with Crippen molar-refractivity contribution in [3.05, 3.63) is 28.8 Å². The van der Waals surface area contributed by atoms with E-state index >= 15 is 0 Å². The lowest BCUT2D eigenvalue weighted by Gasteiger charge is -2.19. The van der Waals surface area contributed by atoms with Crippen LogP contribution < -0.4 is 10.2 Å². The Hall–Kier alpha value is -1.06. The van der Waals surface area contributed by atoms with Crippen molar-refractivity contribution in [1.29, 1.82) is 0 Å². The summed E-state index contributed by atoms with van der Waals surface area (Å²) in [5.41, 5.74) is 2.12. The molecule has 1 amide bonds. The molecule has 0 spiro atoms. The summed E-state index contributed by atoms with van der Waals surface area (Å²) in [6.45, 7) is 1.81. The van der Waals surface area contributed by atoms with Crippen LogP contribution in [0, 0.1) is 0 Å². The Labute approximate surface area is 112 Å². The summed E-state index contributed by atoms with van der Waals surface area (Å²) in [5, 5.41) is 4.15. The van der Waals surface area contributed by atoms with E-state index < -0.39 is 0 Å². The second-order valence-electron chi connectivity index (χ2n) is 5.03. The average molecular weight is 265 g/mol. The quantitative estimate of drug-likeness (QED) is 0.890. The van der Waals surface area contributed by atoms with E-state index in [2.05, 4.69) is 5.32 Å². The molecule has 96 valence electrons. The van der Waals surface area contributed by atoms with Gasteiger partial charge in [-0.15, -0.1) is 0 Å². The van der Waals surface area contributed by atoms with E-state index in [0.717, 1.165) is 42.2 Å². The van der Waals surface area contributed by atoms with Crippen molar-refractivity contribution in [3.8, 4) is 0 Å². The van der Waals surface area contributed by atoms with Gasteiger partial charge in [-0.05, 0) is 43.5 Å². The Kier molecular flexibility index (Phi) is 3.27. The second-order valence-corrected chi connectivity index (χ2v) is 5.44. The molecule has 2 heterocycles. The molecular weight excluding hydrogens is 248 g/mol. The summed E-state index contributed by atoms with van der Waals surface area (Å²) in [7, 11) is 0. The van der Waals surface area contributed by atoms with Gasteiger partial charge in [0.1, 0.15) is 0 Å². The number of anilines is 1. The molecule has 0 aliphatic carbocycles. The number of carbonyl (C=O) groups excluding carboxylic acids is 1. The van der Waals surface area contributed by atoms with Gasteiger partial charge in [0.05, 0.1) is 0 Å². The summed E-state index contributed by atoms with van der Waals surface area (Å²) < 4.78 is 0. The number of nitrogens with one attached hydrogen (secondary N) is 1. The minimum Gasteiger partial charge on any atom is -0.313 e. The molecule has 0 bridgehead atoms. The number of benzene rings is 1. The van der Waals surface area contributed by atoms with Gasteiger partial charge in [-0.25, -0.2) is 0 Å². The first-order valence-corrected chi connectivity index (χ1v) is 6.94. The van der Waals surface area contributed by atoms with Gasteiger partial charge in [0.15, 0.2) is 0 Å². The zero-order chi connectivity index (χ0) is 12.5. The number of fused-ring (bicyclic) bond motifs is 1. The average Bonchev–Trinajstić information content (AvgIpc) is 2.98. The fraction of sp³-hybridized carbons (Fsp3) is 0.500. The number of rotatable bonds is 2. The van der Waals surface area contributed by atoms with Crippen LogP contribution in [-0.4, -0.2) is 25.0 Å². The summed E-state index contributed by atoms with van der Waals surface area (Å²) in [6.07, 6.45) is 3.77. The van der Waals surface area contributed by atoms with Crippen LogP contribution in [-0.2, 0) is 11.2 Å². The highest BCUT2D eigenvalue weighted by Crippen LogP contribution is 2.33. The molecule has 2 aliphatic heterocycles. The van der Waals surface area contributed by atoms with Crippen LogP contribution in [0.25, 0.3) is 0 Å². The number of hydrogen-bond donors (Lipinski definition) is 1. The molecule has 1 aromatic carbocycles. The van der Waals surface area contributed by atoms with Crippen molar-refractivity contribution in [2.45, 2.75) is 31.7 Å². The van der Waals surface area contributed by atoms with Crippen LogP contribution in [0.5, 0.6) is 0 Å². The third-order valence-electron chi connectivity index (χ3n) is 3.85. The maximum absolute atomic E-state index is 12.3. The highest BCUT2D eigenvalue weighted by atomic mass is 35.5. The number of halogens is 1. The molecule has 3 rings (SSSR count). The van der Waals surface area contributed by atoms with E-state index in [4.69, 9.17) is 11.6 Å². The number of nitrogens with zero attached hydrogens (tertiary/aromatic N) is 1. The Morgan fingerprint density at radius 1 is 1.50 bits per heavy atom. The largest absolute Gasteiger partial charge is 0.313 e. The van der Waals surface area contributed by atoms with Gasteiger partial charge in [0, 0.05) is 29.7 Å².